The van der Waals surface area contributed by atoms with Crippen molar-refractivity contribution >= 4 is 11.6 Å². The van der Waals surface area contributed by atoms with Crippen LogP contribution in [0.1, 0.15) is 11.1 Å². The molecule has 0 heterocycles. The number of rotatable bonds is 5. The predicted molar refractivity (Wildman–Crippen MR) is 73.2 cm³/mol. The van der Waals surface area contributed by atoms with Crippen LogP contribution < -0.4 is 9.47 Å². The Morgan fingerprint density at radius 3 is 2.60 bits per heavy atom. The van der Waals surface area contributed by atoms with Crippen LogP contribution in [0.15, 0.2) is 36.4 Å². The van der Waals surface area contributed by atoms with Crippen molar-refractivity contribution in [2.75, 3.05) is 7.11 Å². The van der Waals surface area contributed by atoms with Crippen LogP contribution in [0.5, 0.6) is 11.5 Å². The minimum absolute atomic E-state index is 0.0827. The standard InChI is InChI=1S/C15H13ClF2O2/c1-19-12-6-5-10(8-16)14(7-12)20-9-11-3-2-4-13(17)15(11)18/h2-7H,8-9H2,1H3. The van der Waals surface area contributed by atoms with Gasteiger partial charge in [-0.05, 0) is 12.1 Å². The van der Waals surface area contributed by atoms with Crippen molar-refractivity contribution in [1.82, 2.24) is 0 Å². The Labute approximate surface area is 120 Å². The average molecular weight is 299 g/mol. The molecule has 0 bridgehead atoms. The fraction of sp³-hybridized carbons (Fsp3) is 0.200. The first-order valence-electron chi connectivity index (χ1n) is 5.94. The Balaban J connectivity index is 2.19. The molecule has 0 spiro atoms. The van der Waals surface area contributed by atoms with Crippen molar-refractivity contribution in [3.63, 3.8) is 0 Å². The van der Waals surface area contributed by atoms with Gasteiger partial charge < -0.3 is 9.47 Å². The normalized spacial score (nSPS) is 10.4. The lowest BCUT2D eigenvalue weighted by Gasteiger charge is -2.12. The number of hydrogen-bond donors (Lipinski definition) is 0. The third-order valence-electron chi connectivity index (χ3n) is 2.83. The molecule has 0 saturated heterocycles. The van der Waals surface area contributed by atoms with Gasteiger partial charge in [-0.1, -0.05) is 18.2 Å². The zero-order chi connectivity index (χ0) is 14.5. The molecule has 0 aliphatic heterocycles. The van der Waals surface area contributed by atoms with E-state index in [0.717, 1.165) is 11.6 Å². The van der Waals surface area contributed by atoms with E-state index in [1.165, 1.54) is 19.2 Å². The first-order chi connectivity index (χ1) is 9.65. The fourth-order valence-electron chi connectivity index (χ4n) is 1.72. The lowest BCUT2D eigenvalue weighted by Crippen LogP contribution is -2.02. The minimum Gasteiger partial charge on any atom is -0.497 e. The van der Waals surface area contributed by atoms with Crippen molar-refractivity contribution in [3.05, 3.63) is 59.2 Å². The van der Waals surface area contributed by atoms with E-state index in [1.807, 2.05) is 0 Å². The second-order valence-electron chi connectivity index (χ2n) is 4.11. The summed E-state index contributed by atoms with van der Waals surface area (Å²) in [6.45, 7) is -0.0827. The summed E-state index contributed by atoms with van der Waals surface area (Å²) in [4.78, 5) is 0. The first-order valence-corrected chi connectivity index (χ1v) is 6.47. The number of halogens is 3. The van der Waals surface area contributed by atoms with Crippen molar-refractivity contribution in [2.45, 2.75) is 12.5 Å². The summed E-state index contributed by atoms with van der Waals surface area (Å²) in [6, 6.07) is 9.16. The molecule has 0 aromatic heterocycles. The van der Waals surface area contributed by atoms with Crippen LogP contribution in [0.25, 0.3) is 0 Å². The van der Waals surface area contributed by atoms with E-state index in [9.17, 15) is 8.78 Å². The van der Waals surface area contributed by atoms with Gasteiger partial charge in [-0.25, -0.2) is 8.78 Å². The zero-order valence-corrected chi connectivity index (χ0v) is 11.6. The first kappa shape index (κ1) is 14.6. The molecule has 0 aliphatic carbocycles. The highest BCUT2D eigenvalue weighted by Gasteiger charge is 2.10. The Hall–Kier alpha value is -1.81. The van der Waals surface area contributed by atoms with Gasteiger partial charge >= 0.3 is 0 Å². The van der Waals surface area contributed by atoms with Crippen LogP contribution in [-0.4, -0.2) is 7.11 Å². The molecule has 0 aliphatic rings. The van der Waals surface area contributed by atoms with Gasteiger partial charge in [0, 0.05) is 17.2 Å². The monoisotopic (exact) mass is 298 g/mol. The van der Waals surface area contributed by atoms with Gasteiger partial charge in [0.05, 0.1) is 13.0 Å². The Bertz CT molecular complexity index is 602. The number of alkyl halides is 1. The van der Waals surface area contributed by atoms with Crippen LogP contribution in [0.3, 0.4) is 0 Å². The van der Waals surface area contributed by atoms with Gasteiger partial charge in [0.2, 0.25) is 0 Å². The van der Waals surface area contributed by atoms with Crippen LogP contribution in [0.4, 0.5) is 8.78 Å². The highest BCUT2D eigenvalue weighted by molar-refractivity contribution is 6.17. The predicted octanol–water partition coefficient (Wildman–Crippen LogP) is 4.29. The quantitative estimate of drug-likeness (QED) is 0.767. The average Bonchev–Trinajstić information content (AvgIpc) is 2.48. The van der Waals surface area contributed by atoms with Crippen molar-refractivity contribution in [3.8, 4) is 11.5 Å². The van der Waals surface area contributed by atoms with Gasteiger partial charge in [-0.15, -0.1) is 11.6 Å². The molecule has 0 N–H and O–H groups in total. The lowest BCUT2D eigenvalue weighted by atomic mass is 10.2. The van der Waals surface area contributed by atoms with Crippen LogP contribution in [-0.2, 0) is 12.5 Å². The molecule has 0 atom stereocenters. The van der Waals surface area contributed by atoms with E-state index in [2.05, 4.69) is 0 Å². The molecule has 2 rings (SSSR count). The molecule has 5 heteroatoms. The Morgan fingerprint density at radius 2 is 1.90 bits per heavy atom. The van der Waals surface area contributed by atoms with Gasteiger partial charge in [0.15, 0.2) is 11.6 Å². The number of hydrogen-bond acceptors (Lipinski definition) is 2. The van der Waals surface area contributed by atoms with Gasteiger partial charge in [-0.3, -0.25) is 0 Å². The SMILES string of the molecule is COc1ccc(CCl)c(OCc2cccc(F)c2F)c1. The zero-order valence-electron chi connectivity index (χ0n) is 10.8. The minimum atomic E-state index is -0.900. The van der Waals surface area contributed by atoms with E-state index in [4.69, 9.17) is 21.1 Å². The maximum Gasteiger partial charge on any atom is 0.165 e. The molecule has 0 fully saturated rings. The summed E-state index contributed by atoms with van der Waals surface area (Å²) in [5.41, 5.74) is 0.901. The smallest absolute Gasteiger partial charge is 0.165 e. The molecule has 0 unspecified atom stereocenters. The molecule has 0 amide bonds. The maximum absolute atomic E-state index is 13.5. The number of methoxy groups -OCH3 is 1. The third-order valence-corrected chi connectivity index (χ3v) is 3.12. The van der Waals surface area contributed by atoms with Crippen molar-refractivity contribution in [1.29, 1.82) is 0 Å². The molecule has 2 aromatic carbocycles. The highest BCUT2D eigenvalue weighted by atomic mass is 35.5. The molecule has 0 radical (unpaired) electrons. The topological polar surface area (TPSA) is 18.5 Å². The second kappa shape index (κ2) is 6.57. The maximum atomic E-state index is 13.5. The van der Waals surface area contributed by atoms with Crippen molar-refractivity contribution in [2.24, 2.45) is 0 Å². The van der Waals surface area contributed by atoms with E-state index < -0.39 is 11.6 Å². The molecular weight excluding hydrogens is 286 g/mol. The molecule has 20 heavy (non-hydrogen) atoms. The fourth-order valence-corrected chi connectivity index (χ4v) is 1.94. The van der Waals surface area contributed by atoms with Gasteiger partial charge in [-0.2, -0.15) is 0 Å². The summed E-state index contributed by atoms with van der Waals surface area (Å²) in [5, 5.41) is 0. The van der Waals surface area contributed by atoms with E-state index in [1.54, 1.807) is 18.2 Å². The molecule has 2 aromatic rings. The van der Waals surface area contributed by atoms with E-state index in [0.29, 0.717) is 11.5 Å². The van der Waals surface area contributed by atoms with E-state index >= 15 is 0 Å². The number of benzene rings is 2. The number of ether oxygens (including phenoxy) is 2. The summed E-state index contributed by atoms with van der Waals surface area (Å²) in [7, 11) is 1.53. The van der Waals surface area contributed by atoms with Crippen LogP contribution >= 0.6 is 11.6 Å². The van der Waals surface area contributed by atoms with Crippen LogP contribution in [0, 0.1) is 11.6 Å². The van der Waals surface area contributed by atoms with E-state index in [-0.39, 0.29) is 18.1 Å². The lowest BCUT2D eigenvalue weighted by molar-refractivity contribution is 0.293. The molecule has 2 nitrogen and oxygen atoms in total. The Morgan fingerprint density at radius 1 is 1.10 bits per heavy atom. The van der Waals surface area contributed by atoms with Gasteiger partial charge in [0.25, 0.3) is 0 Å². The molecule has 106 valence electrons. The van der Waals surface area contributed by atoms with Crippen LogP contribution in [0.2, 0.25) is 0 Å². The summed E-state index contributed by atoms with van der Waals surface area (Å²) in [6.07, 6.45) is 0. The largest absolute Gasteiger partial charge is 0.497 e. The molecule has 0 saturated carbocycles. The summed E-state index contributed by atoms with van der Waals surface area (Å²) >= 11 is 5.81. The van der Waals surface area contributed by atoms with Crippen molar-refractivity contribution < 1.29 is 18.3 Å². The summed E-state index contributed by atoms with van der Waals surface area (Å²) in [5.74, 6) is -0.445. The molecular formula is C15H13ClF2O2. The Kier molecular flexibility index (Phi) is 4.79. The second-order valence-corrected chi connectivity index (χ2v) is 4.38. The third kappa shape index (κ3) is 3.20. The highest BCUT2D eigenvalue weighted by Crippen LogP contribution is 2.27. The van der Waals surface area contributed by atoms with Gasteiger partial charge in [0.1, 0.15) is 18.1 Å². The summed E-state index contributed by atoms with van der Waals surface area (Å²) < 4.78 is 37.2.